The van der Waals surface area contributed by atoms with E-state index >= 15 is 0 Å². The van der Waals surface area contributed by atoms with Gasteiger partial charge < -0.3 is 15.2 Å². The third kappa shape index (κ3) is 2.90. The molecule has 0 aliphatic carbocycles. The van der Waals surface area contributed by atoms with Crippen molar-refractivity contribution in [3.8, 4) is 5.75 Å². The van der Waals surface area contributed by atoms with Crippen LogP contribution >= 0.6 is 0 Å². The third-order valence-electron chi connectivity index (χ3n) is 1.97. The summed E-state index contributed by atoms with van der Waals surface area (Å²) in [4.78, 5) is 10.6. The number of hydrogen-bond donors (Lipinski definition) is 2. The number of carbonyl (C=O) groups is 1. The summed E-state index contributed by atoms with van der Waals surface area (Å²) < 4.78 is 30.7. The largest absolute Gasteiger partial charge is 0.488 e. The molecular weight excluding hydrogens is 220 g/mol. The lowest BCUT2D eigenvalue weighted by molar-refractivity contribution is -0.140. The summed E-state index contributed by atoms with van der Waals surface area (Å²) in [5, 5.41) is 11.1. The molecule has 0 saturated heterocycles. The van der Waals surface area contributed by atoms with Gasteiger partial charge in [0.1, 0.15) is 12.6 Å². The second-order valence-corrected chi connectivity index (χ2v) is 3.04. The molecule has 6 heteroatoms. The van der Waals surface area contributed by atoms with E-state index in [2.05, 4.69) is 5.32 Å². The van der Waals surface area contributed by atoms with E-state index in [1.165, 1.54) is 19.2 Å². The highest BCUT2D eigenvalue weighted by Gasteiger charge is 2.17. The van der Waals surface area contributed by atoms with E-state index in [0.29, 0.717) is 0 Å². The molecule has 0 aliphatic rings. The van der Waals surface area contributed by atoms with E-state index in [9.17, 15) is 13.6 Å². The molecule has 0 amide bonds. The molecule has 88 valence electrons. The fourth-order valence-corrected chi connectivity index (χ4v) is 1.05. The first kappa shape index (κ1) is 12.4. The van der Waals surface area contributed by atoms with E-state index in [1.807, 2.05) is 0 Å². The second kappa shape index (κ2) is 5.41. The molecule has 16 heavy (non-hydrogen) atoms. The van der Waals surface area contributed by atoms with Crippen LogP contribution in [0, 0.1) is 11.6 Å². The van der Waals surface area contributed by atoms with Gasteiger partial charge in [0, 0.05) is 0 Å². The highest BCUT2D eigenvalue weighted by molar-refractivity contribution is 5.73. The normalized spacial score (nSPS) is 12.2. The lowest BCUT2D eigenvalue weighted by Crippen LogP contribution is -2.39. The van der Waals surface area contributed by atoms with Gasteiger partial charge in [-0.2, -0.15) is 4.39 Å². The van der Waals surface area contributed by atoms with Gasteiger partial charge in [0.15, 0.2) is 11.6 Å². The summed E-state index contributed by atoms with van der Waals surface area (Å²) in [6, 6.07) is 2.49. The molecule has 1 aromatic carbocycles. The minimum atomic E-state index is -1.13. The Labute approximate surface area is 90.8 Å². The van der Waals surface area contributed by atoms with Crippen molar-refractivity contribution in [2.75, 3.05) is 13.7 Å². The summed E-state index contributed by atoms with van der Waals surface area (Å²) in [7, 11) is 1.43. The first-order valence-corrected chi connectivity index (χ1v) is 4.53. The van der Waals surface area contributed by atoms with Crippen LogP contribution in [0.2, 0.25) is 0 Å². The molecule has 1 rings (SSSR count). The summed E-state index contributed by atoms with van der Waals surface area (Å²) in [6.07, 6.45) is 0. The molecule has 0 saturated carbocycles. The van der Waals surface area contributed by atoms with Crippen molar-refractivity contribution in [1.82, 2.24) is 5.32 Å². The number of carboxylic acids is 1. The van der Waals surface area contributed by atoms with E-state index in [0.717, 1.165) is 6.07 Å². The van der Waals surface area contributed by atoms with Crippen molar-refractivity contribution in [3.05, 3.63) is 29.8 Å². The van der Waals surface area contributed by atoms with Gasteiger partial charge in [0.2, 0.25) is 5.82 Å². The lowest BCUT2D eigenvalue weighted by Gasteiger charge is -2.13. The summed E-state index contributed by atoms with van der Waals surface area (Å²) in [5.74, 6) is -3.59. The molecular formula is C10H11F2NO3. The Bertz CT molecular complexity index is 384. The zero-order valence-corrected chi connectivity index (χ0v) is 8.54. The molecule has 0 unspecified atom stereocenters. The van der Waals surface area contributed by atoms with Gasteiger partial charge in [0.05, 0.1) is 0 Å². The van der Waals surface area contributed by atoms with Crippen molar-refractivity contribution in [3.63, 3.8) is 0 Å². The number of carboxylic acid groups (broad SMARTS) is 1. The Kier molecular flexibility index (Phi) is 4.19. The quantitative estimate of drug-likeness (QED) is 0.794. The molecule has 0 radical (unpaired) electrons. The third-order valence-corrected chi connectivity index (χ3v) is 1.97. The monoisotopic (exact) mass is 231 g/mol. The molecule has 1 atom stereocenters. The van der Waals surface area contributed by atoms with Gasteiger partial charge in [-0.3, -0.25) is 4.79 Å². The summed E-state index contributed by atoms with van der Waals surface area (Å²) >= 11 is 0. The van der Waals surface area contributed by atoms with Crippen LogP contribution in [0.3, 0.4) is 0 Å². The van der Waals surface area contributed by atoms with E-state index in [1.54, 1.807) is 0 Å². The Morgan fingerprint density at radius 3 is 2.81 bits per heavy atom. The minimum Gasteiger partial charge on any atom is -0.488 e. The predicted octanol–water partition coefficient (Wildman–Crippen LogP) is 1.02. The van der Waals surface area contributed by atoms with E-state index in [-0.39, 0.29) is 12.4 Å². The smallest absolute Gasteiger partial charge is 0.324 e. The standard InChI is InChI=1S/C10H11F2NO3/c1-13-7(10(14)15)5-16-8-4-2-3-6(11)9(8)12/h2-4,7,13H,5H2,1H3,(H,14,15)/t7-/m0/s1. The van der Waals surface area contributed by atoms with Crippen molar-refractivity contribution in [2.45, 2.75) is 6.04 Å². The predicted molar refractivity (Wildman–Crippen MR) is 52.3 cm³/mol. The zero-order valence-electron chi connectivity index (χ0n) is 8.54. The van der Waals surface area contributed by atoms with E-state index in [4.69, 9.17) is 9.84 Å². The van der Waals surface area contributed by atoms with Crippen LogP contribution in [0.1, 0.15) is 0 Å². The minimum absolute atomic E-state index is 0.286. The molecule has 0 spiro atoms. The van der Waals surface area contributed by atoms with Gasteiger partial charge in [0.25, 0.3) is 0 Å². The lowest BCUT2D eigenvalue weighted by atomic mass is 10.3. The van der Waals surface area contributed by atoms with Crippen LogP contribution in [-0.4, -0.2) is 30.8 Å². The van der Waals surface area contributed by atoms with Crippen LogP contribution in [0.25, 0.3) is 0 Å². The van der Waals surface area contributed by atoms with Crippen molar-refractivity contribution < 1.29 is 23.4 Å². The van der Waals surface area contributed by atoms with Crippen LogP contribution in [0.15, 0.2) is 18.2 Å². The van der Waals surface area contributed by atoms with Crippen LogP contribution in [0.4, 0.5) is 8.78 Å². The average molecular weight is 231 g/mol. The fraction of sp³-hybridized carbons (Fsp3) is 0.300. The molecule has 0 heterocycles. The maximum atomic E-state index is 13.1. The highest BCUT2D eigenvalue weighted by Crippen LogP contribution is 2.19. The first-order valence-electron chi connectivity index (χ1n) is 4.53. The fourth-order valence-electron chi connectivity index (χ4n) is 1.05. The zero-order chi connectivity index (χ0) is 12.1. The molecule has 4 nitrogen and oxygen atoms in total. The first-order chi connectivity index (χ1) is 7.56. The highest BCUT2D eigenvalue weighted by atomic mass is 19.2. The second-order valence-electron chi connectivity index (χ2n) is 3.04. The van der Waals surface area contributed by atoms with Crippen LogP contribution < -0.4 is 10.1 Å². The van der Waals surface area contributed by atoms with Crippen LogP contribution in [0.5, 0.6) is 5.75 Å². The number of ether oxygens (including phenoxy) is 1. The van der Waals surface area contributed by atoms with Crippen molar-refractivity contribution in [2.24, 2.45) is 0 Å². The number of rotatable bonds is 5. The molecule has 0 aromatic heterocycles. The molecule has 0 aliphatic heterocycles. The molecule has 1 aromatic rings. The topological polar surface area (TPSA) is 58.6 Å². The number of benzene rings is 1. The number of aliphatic carboxylic acids is 1. The Hall–Kier alpha value is -1.69. The number of nitrogens with one attached hydrogen (secondary N) is 1. The summed E-state index contributed by atoms with van der Waals surface area (Å²) in [6.45, 7) is -0.286. The Morgan fingerprint density at radius 2 is 2.25 bits per heavy atom. The van der Waals surface area contributed by atoms with Gasteiger partial charge >= 0.3 is 5.97 Å². The maximum absolute atomic E-state index is 13.1. The Morgan fingerprint density at radius 1 is 1.56 bits per heavy atom. The van der Waals surface area contributed by atoms with Gasteiger partial charge in [-0.1, -0.05) is 6.07 Å². The van der Waals surface area contributed by atoms with Crippen molar-refractivity contribution in [1.29, 1.82) is 0 Å². The van der Waals surface area contributed by atoms with E-state index < -0.39 is 23.6 Å². The molecule has 0 bridgehead atoms. The Balaban J connectivity index is 2.67. The van der Waals surface area contributed by atoms with Gasteiger partial charge in [-0.05, 0) is 19.2 Å². The summed E-state index contributed by atoms with van der Waals surface area (Å²) in [5.41, 5.74) is 0. The molecule has 2 N–H and O–H groups in total. The number of hydrogen-bond acceptors (Lipinski definition) is 3. The molecule has 0 fully saturated rings. The maximum Gasteiger partial charge on any atom is 0.324 e. The number of likely N-dealkylation sites (N-methyl/N-ethyl adjacent to an activating group) is 1. The number of halogens is 2. The SMILES string of the molecule is CN[C@@H](COc1cccc(F)c1F)C(=O)O. The van der Waals surface area contributed by atoms with Crippen molar-refractivity contribution >= 4 is 5.97 Å². The van der Waals surface area contributed by atoms with Gasteiger partial charge in [-0.25, -0.2) is 4.39 Å². The van der Waals surface area contributed by atoms with Gasteiger partial charge in [-0.15, -0.1) is 0 Å². The van der Waals surface area contributed by atoms with Crippen LogP contribution in [-0.2, 0) is 4.79 Å². The average Bonchev–Trinajstić information content (AvgIpc) is 2.24.